The van der Waals surface area contributed by atoms with Gasteiger partial charge in [-0.05, 0) is 47.9 Å². The largest absolute Gasteiger partial charge is 0.392 e. The van der Waals surface area contributed by atoms with Crippen LogP contribution in [0.1, 0.15) is 32.7 Å². The number of fused-ring (bicyclic) bond motifs is 1. The van der Waals surface area contributed by atoms with Crippen LogP contribution in [0.3, 0.4) is 0 Å². The lowest BCUT2D eigenvalue weighted by atomic mass is 9.98. The van der Waals surface area contributed by atoms with Gasteiger partial charge in [0.05, 0.1) is 17.7 Å². The van der Waals surface area contributed by atoms with E-state index in [-0.39, 0.29) is 12.5 Å². The highest BCUT2D eigenvalue weighted by Gasteiger charge is 2.14. The Morgan fingerprint density at radius 3 is 2.39 bits per heavy atom. The number of para-hydroxylation sites is 3. The van der Waals surface area contributed by atoms with E-state index in [0.717, 1.165) is 44.7 Å². The average Bonchev–Trinajstić information content (AvgIpc) is 2.80. The van der Waals surface area contributed by atoms with E-state index in [1.807, 2.05) is 73.7 Å². The van der Waals surface area contributed by atoms with Crippen LogP contribution < -0.4 is 10.6 Å². The van der Waals surface area contributed by atoms with Crippen molar-refractivity contribution >= 4 is 28.2 Å². The summed E-state index contributed by atoms with van der Waals surface area (Å²) in [6, 6.07) is 23.2. The second-order valence-corrected chi connectivity index (χ2v) is 7.48. The van der Waals surface area contributed by atoms with Crippen LogP contribution in [-0.2, 0) is 13.0 Å². The number of aliphatic hydroxyl groups is 1. The van der Waals surface area contributed by atoms with Crippen LogP contribution in [0, 0.1) is 6.92 Å². The second kappa shape index (κ2) is 8.98. The minimum absolute atomic E-state index is 0.0270. The van der Waals surface area contributed by atoms with Gasteiger partial charge in [-0.3, -0.25) is 9.78 Å². The van der Waals surface area contributed by atoms with Crippen molar-refractivity contribution in [2.75, 3.05) is 17.7 Å². The highest BCUT2D eigenvalue weighted by Crippen LogP contribution is 2.27. The summed E-state index contributed by atoms with van der Waals surface area (Å²) in [6.45, 7) is 1.91. The van der Waals surface area contributed by atoms with Crippen molar-refractivity contribution in [3.63, 3.8) is 0 Å². The number of aliphatic hydroxyl groups excluding tert-OH is 1. The van der Waals surface area contributed by atoms with E-state index in [4.69, 9.17) is 4.98 Å². The van der Waals surface area contributed by atoms with Gasteiger partial charge >= 0.3 is 0 Å². The third-order valence-electron chi connectivity index (χ3n) is 5.39. The Balaban J connectivity index is 1.69. The van der Waals surface area contributed by atoms with Crippen LogP contribution in [0.4, 0.5) is 11.4 Å². The molecule has 0 aliphatic carbocycles. The molecule has 0 aliphatic rings. The zero-order chi connectivity index (χ0) is 21.8. The number of carbonyl (C=O) groups excluding carboxylic acids is 1. The number of aromatic nitrogens is 1. The Bertz CT molecular complexity index is 1250. The average molecular weight is 412 g/mol. The van der Waals surface area contributed by atoms with Crippen molar-refractivity contribution in [3.05, 3.63) is 101 Å². The number of anilines is 2. The third-order valence-corrected chi connectivity index (χ3v) is 5.39. The van der Waals surface area contributed by atoms with Crippen molar-refractivity contribution in [2.24, 2.45) is 0 Å². The van der Waals surface area contributed by atoms with Gasteiger partial charge in [-0.15, -0.1) is 0 Å². The second-order valence-electron chi connectivity index (χ2n) is 7.48. The molecule has 1 heterocycles. The molecule has 0 spiro atoms. The lowest BCUT2D eigenvalue weighted by Crippen LogP contribution is -2.15. The number of carbonyl (C=O) groups is 1. The molecule has 0 unspecified atom stereocenters. The molecule has 0 radical (unpaired) electrons. The number of rotatable bonds is 6. The highest BCUT2D eigenvalue weighted by atomic mass is 16.3. The fraction of sp³-hybridized carbons (Fsp3) is 0.154. The van der Waals surface area contributed by atoms with Gasteiger partial charge in [-0.2, -0.15) is 0 Å². The topological polar surface area (TPSA) is 74.2 Å². The van der Waals surface area contributed by atoms with Crippen LogP contribution in [0.5, 0.6) is 0 Å². The first-order valence-electron chi connectivity index (χ1n) is 10.3. The van der Waals surface area contributed by atoms with E-state index in [9.17, 15) is 9.90 Å². The van der Waals surface area contributed by atoms with Gasteiger partial charge < -0.3 is 15.7 Å². The van der Waals surface area contributed by atoms with E-state index >= 15 is 0 Å². The molecule has 5 nitrogen and oxygen atoms in total. The van der Waals surface area contributed by atoms with Crippen LogP contribution in [0.2, 0.25) is 0 Å². The first-order chi connectivity index (χ1) is 15.1. The SMILES string of the molecule is CNc1ccccc1C(=O)Nc1ccccc1Cc1cccc2c(CO)cc(C)nc12. The summed E-state index contributed by atoms with van der Waals surface area (Å²) in [5.41, 5.74) is 6.81. The molecule has 156 valence electrons. The Labute approximate surface area is 181 Å². The maximum absolute atomic E-state index is 12.9. The van der Waals surface area contributed by atoms with Gasteiger partial charge in [0, 0.05) is 35.9 Å². The van der Waals surface area contributed by atoms with Gasteiger partial charge in [0.1, 0.15) is 0 Å². The van der Waals surface area contributed by atoms with Gasteiger partial charge in [0.15, 0.2) is 0 Å². The molecular weight excluding hydrogens is 386 g/mol. The molecule has 31 heavy (non-hydrogen) atoms. The maximum Gasteiger partial charge on any atom is 0.257 e. The Morgan fingerprint density at radius 2 is 1.61 bits per heavy atom. The predicted molar refractivity (Wildman–Crippen MR) is 126 cm³/mol. The molecule has 1 aromatic heterocycles. The number of hydrogen-bond acceptors (Lipinski definition) is 4. The van der Waals surface area contributed by atoms with Crippen molar-refractivity contribution in [1.82, 2.24) is 4.98 Å². The highest BCUT2D eigenvalue weighted by molar-refractivity contribution is 6.08. The summed E-state index contributed by atoms with van der Waals surface area (Å²) in [5, 5.41) is 16.8. The number of hydrogen-bond donors (Lipinski definition) is 3. The van der Waals surface area contributed by atoms with E-state index in [1.165, 1.54) is 0 Å². The smallest absolute Gasteiger partial charge is 0.257 e. The fourth-order valence-electron chi connectivity index (χ4n) is 3.88. The van der Waals surface area contributed by atoms with Crippen LogP contribution in [0.25, 0.3) is 10.9 Å². The number of pyridine rings is 1. The molecule has 0 bridgehead atoms. The molecule has 0 aliphatic heterocycles. The van der Waals surface area contributed by atoms with E-state index in [2.05, 4.69) is 10.6 Å². The molecule has 0 atom stereocenters. The number of aryl methyl sites for hydroxylation is 1. The summed E-state index contributed by atoms with van der Waals surface area (Å²) >= 11 is 0. The van der Waals surface area contributed by atoms with Crippen molar-refractivity contribution in [3.8, 4) is 0 Å². The van der Waals surface area contributed by atoms with Gasteiger partial charge in [-0.25, -0.2) is 0 Å². The van der Waals surface area contributed by atoms with Crippen molar-refractivity contribution in [1.29, 1.82) is 0 Å². The minimum atomic E-state index is -0.160. The standard InChI is InChI=1S/C26H25N3O2/c1-17-14-20(16-30)21-11-7-9-19(25(21)28-17)15-18-8-3-5-12-23(18)29-26(31)22-10-4-6-13-24(22)27-2/h3-14,27,30H,15-16H2,1-2H3,(H,29,31). The molecule has 5 heteroatoms. The fourth-order valence-corrected chi connectivity index (χ4v) is 3.88. The zero-order valence-corrected chi connectivity index (χ0v) is 17.6. The van der Waals surface area contributed by atoms with Crippen LogP contribution in [-0.4, -0.2) is 23.0 Å². The Kier molecular flexibility index (Phi) is 5.96. The minimum Gasteiger partial charge on any atom is -0.392 e. The van der Waals surface area contributed by atoms with E-state index in [0.29, 0.717) is 12.0 Å². The molecule has 4 aromatic rings. The zero-order valence-electron chi connectivity index (χ0n) is 17.6. The van der Waals surface area contributed by atoms with Gasteiger partial charge in [0.2, 0.25) is 0 Å². The first-order valence-corrected chi connectivity index (χ1v) is 10.3. The summed E-state index contributed by atoms with van der Waals surface area (Å²) in [6.07, 6.45) is 0.614. The van der Waals surface area contributed by atoms with Crippen molar-refractivity contribution in [2.45, 2.75) is 20.0 Å². The lowest BCUT2D eigenvalue weighted by molar-refractivity contribution is 0.102. The Morgan fingerprint density at radius 1 is 0.903 bits per heavy atom. The molecular formula is C26H25N3O2. The number of amides is 1. The summed E-state index contributed by atoms with van der Waals surface area (Å²) in [4.78, 5) is 17.7. The quantitative estimate of drug-likeness (QED) is 0.421. The van der Waals surface area contributed by atoms with Gasteiger partial charge in [0.25, 0.3) is 5.91 Å². The maximum atomic E-state index is 12.9. The van der Waals surface area contributed by atoms with Crippen LogP contribution in [0.15, 0.2) is 72.8 Å². The number of nitrogens with zero attached hydrogens (tertiary/aromatic N) is 1. The van der Waals surface area contributed by atoms with E-state index < -0.39 is 0 Å². The summed E-state index contributed by atoms with van der Waals surface area (Å²) in [5.74, 6) is -0.160. The monoisotopic (exact) mass is 411 g/mol. The normalized spacial score (nSPS) is 10.8. The van der Waals surface area contributed by atoms with E-state index in [1.54, 1.807) is 13.1 Å². The first kappa shape index (κ1) is 20.6. The number of benzene rings is 3. The third kappa shape index (κ3) is 4.27. The molecule has 0 fully saturated rings. The molecule has 3 aromatic carbocycles. The Hall–Kier alpha value is -3.70. The molecule has 0 saturated carbocycles. The predicted octanol–water partition coefficient (Wildman–Crippen LogP) is 4.92. The van der Waals surface area contributed by atoms with Crippen molar-refractivity contribution < 1.29 is 9.90 Å². The molecule has 3 N–H and O–H groups in total. The molecule has 4 rings (SSSR count). The molecule has 1 amide bonds. The summed E-state index contributed by atoms with van der Waals surface area (Å²) in [7, 11) is 1.80. The molecule has 0 saturated heterocycles. The van der Waals surface area contributed by atoms with Gasteiger partial charge in [-0.1, -0.05) is 48.5 Å². The van der Waals surface area contributed by atoms with Crippen LogP contribution >= 0.6 is 0 Å². The number of nitrogens with one attached hydrogen (secondary N) is 2. The lowest BCUT2D eigenvalue weighted by Gasteiger charge is -2.15. The summed E-state index contributed by atoms with van der Waals surface area (Å²) < 4.78 is 0.